The summed E-state index contributed by atoms with van der Waals surface area (Å²) in [6.07, 6.45) is 1.93. The van der Waals surface area contributed by atoms with E-state index in [1.807, 2.05) is 0 Å². The number of sulfonamides is 1. The molecule has 0 aliphatic heterocycles. The smallest absolute Gasteiger partial charge is 0.311 e. The summed E-state index contributed by atoms with van der Waals surface area (Å²) in [7, 11) is -1.79. The molecule has 0 atom stereocenters. The highest BCUT2D eigenvalue weighted by Crippen LogP contribution is 2.15. The molecule has 0 radical (unpaired) electrons. The lowest BCUT2D eigenvalue weighted by molar-refractivity contribution is -0.139. The van der Waals surface area contributed by atoms with Crippen LogP contribution >= 0.6 is 11.3 Å². The van der Waals surface area contributed by atoms with Crippen LogP contribution in [-0.2, 0) is 26.0 Å². The Bertz CT molecular complexity index is 513. The van der Waals surface area contributed by atoms with E-state index in [4.69, 9.17) is 0 Å². The molecular weight excluding hydrogens is 290 g/mol. The highest BCUT2D eigenvalue weighted by Gasteiger charge is 2.07. The van der Waals surface area contributed by atoms with Crippen molar-refractivity contribution in [1.29, 1.82) is 0 Å². The van der Waals surface area contributed by atoms with E-state index in [1.165, 1.54) is 18.4 Å². The Morgan fingerprint density at radius 1 is 1.47 bits per heavy atom. The van der Waals surface area contributed by atoms with Gasteiger partial charge in [0.05, 0.1) is 25.5 Å². The number of anilines is 1. The fraction of sp³-hybridized carbons (Fsp3) is 0.600. The number of hydrogen-bond donors (Lipinski definition) is 2. The van der Waals surface area contributed by atoms with Gasteiger partial charge in [-0.3, -0.25) is 4.79 Å². The zero-order valence-electron chi connectivity index (χ0n) is 10.8. The predicted molar refractivity (Wildman–Crippen MR) is 73.8 cm³/mol. The summed E-state index contributed by atoms with van der Waals surface area (Å²) >= 11 is 1.40. The van der Waals surface area contributed by atoms with Crippen LogP contribution in [0.15, 0.2) is 5.38 Å². The summed E-state index contributed by atoms with van der Waals surface area (Å²) in [4.78, 5) is 15.3. The quantitative estimate of drug-likeness (QED) is 0.526. The molecule has 0 spiro atoms. The molecular formula is C10H17N3O4S2. The molecule has 1 rings (SSSR count). The van der Waals surface area contributed by atoms with Crippen LogP contribution in [0.5, 0.6) is 0 Å². The van der Waals surface area contributed by atoms with E-state index in [2.05, 4.69) is 19.8 Å². The van der Waals surface area contributed by atoms with Gasteiger partial charge in [-0.2, -0.15) is 0 Å². The first-order valence-corrected chi connectivity index (χ1v) is 8.37. The van der Waals surface area contributed by atoms with E-state index < -0.39 is 10.0 Å². The highest BCUT2D eigenvalue weighted by atomic mass is 32.2. The Morgan fingerprint density at radius 2 is 2.21 bits per heavy atom. The molecule has 0 aromatic carbocycles. The lowest BCUT2D eigenvalue weighted by atomic mass is 10.3. The van der Waals surface area contributed by atoms with Crippen molar-refractivity contribution in [2.24, 2.45) is 0 Å². The van der Waals surface area contributed by atoms with Crippen molar-refractivity contribution >= 4 is 32.5 Å². The number of hydrogen-bond acceptors (Lipinski definition) is 7. The number of rotatable bonds is 8. The number of aromatic nitrogens is 1. The lowest BCUT2D eigenvalue weighted by Gasteiger charge is -2.03. The highest BCUT2D eigenvalue weighted by molar-refractivity contribution is 7.88. The number of thiazole rings is 1. The van der Waals surface area contributed by atoms with Gasteiger partial charge in [-0.15, -0.1) is 11.3 Å². The second kappa shape index (κ2) is 7.41. The van der Waals surface area contributed by atoms with Crippen LogP contribution in [0.2, 0.25) is 0 Å². The first-order valence-electron chi connectivity index (χ1n) is 5.60. The molecule has 0 aliphatic carbocycles. The van der Waals surface area contributed by atoms with Crippen molar-refractivity contribution in [2.75, 3.05) is 31.8 Å². The second-order valence-corrected chi connectivity index (χ2v) is 6.53. The molecule has 0 bridgehead atoms. The zero-order chi connectivity index (χ0) is 14.3. The second-order valence-electron chi connectivity index (χ2n) is 3.84. The van der Waals surface area contributed by atoms with Gasteiger partial charge in [0.25, 0.3) is 0 Å². The summed E-state index contributed by atoms with van der Waals surface area (Å²) < 4.78 is 28.6. The fourth-order valence-electron chi connectivity index (χ4n) is 1.23. The molecule has 19 heavy (non-hydrogen) atoms. The average Bonchev–Trinajstić information content (AvgIpc) is 2.74. The van der Waals surface area contributed by atoms with Gasteiger partial charge in [0.15, 0.2) is 5.13 Å². The standard InChI is InChI=1S/C10H17N3O4S2/c1-17-9(14)6-8-7-18-10(13-8)11-4-3-5-12-19(2,15)16/h7,12H,3-6H2,1-2H3,(H,11,13). The Kier molecular flexibility index (Phi) is 6.19. The molecule has 1 aromatic heterocycles. The molecule has 9 heteroatoms. The minimum atomic E-state index is -3.12. The number of nitrogens with one attached hydrogen (secondary N) is 2. The molecule has 0 saturated heterocycles. The van der Waals surface area contributed by atoms with Crippen LogP contribution in [0.1, 0.15) is 12.1 Å². The molecule has 2 N–H and O–H groups in total. The molecule has 0 saturated carbocycles. The summed E-state index contributed by atoms with van der Waals surface area (Å²) in [5, 5.41) is 5.56. The number of esters is 1. The Labute approximate surface area is 116 Å². The van der Waals surface area contributed by atoms with Gasteiger partial charge in [-0.05, 0) is 6.42 Å². The van der Waals surface area contributed by atoms with Gasteiger partial charge in [0.1, 0.15) is 0 Å². The predicted octanol–water partition coefficient (Wildman–Crippen LogP) is 0.210. The van der Waals surface area contributed by atoms with Gasteiger partial charge in [0.2, 0.25) is 10.0 Å². The fourth-order valence-corrected chi connectivity index (χ4v) is 2.48. The van der Waals surface area contributed by atoms with Gasteiger partial charge >= 0.3 is 5.97 Å². The SMILES string of the molecule is COC(=O)Cc1csc(NCCCNS(C)(=O)=O)n1. The third-order valence-corrected chi connectivity index (χ3v) is 3.68. The maximum absolute atomic E-state index is 11.0. The molecule has 0 unspecified atom stereocenters. The van der Waals surface area contributed by atoms with Crippen LogP contribution in [-0.4, -0.2) is 45.8 Å². The summed E-state index contributed by atoms with van der Waals surface area (Å²) in [6, 6.07) is 0. The first-order chi connectivity index (χ1) is 8.90. The van der Waals surface area contributed by atoms with Crippen LogP contribution in [0.25, 0.3) is 0 Å². The topological polar surface area (TPSA) is 97.4 Å². The van der Waals surface area contributed by atoms with Crippen molar-refractivity contribution in [3.05, 3.63) is 11.1 Å². The molecule has 0 amide bonds. The first kappa shape index (κ1) is 15.9. The van der Waals surface area contributed by atoms with Crippen LogP contribution in [0.4, 0.5) is 5.13 Å². The van der Waals surface area contributed by atoms with E-state index in [0.29, 0.717) is 30.3 Å². The Morgan fingerprint density at radius 3 is 2.84 bits per heavy atom. The number of nitrogens with zero attached hydrogens (tertiary/aromatic N) is 1. The van der Waals surface area contributed by atoms with Gasteiger partial charge in [0, 0.05) is 18.5 Å². The number of ether oxygens (including phenoxy) is 1. The molecule has 7 nitrogen and oxygen atoms in total. The maximum atomic E-state index is 11.0. The van der Waals surface area contributed by atoms with E-state index >= 15 is 0 Å². The van der Waals surface area contributed by atoms with Crippen LogP contribution < -0.4 is 10.0 Å². The molecule has 1 heterocycles. The van der Waals surface area contributed by atoms with Crippen molar-refractivity contribution in [1.82, 2.24) is 9.71 Å². The average molecular weight is 307 g/mol. The zero-order valence-corrected chi connectivity index (χ0v) is 12.4. The van der Waals surface area contributed by atoms with Gasteiger partial charge in [-0.1, -0.05) is 0 Å². The van der Waals surface area contributed by atoms with Crippen molar-refractivity contribution in [3.8, 4) is 0 Å². The lowest BCUT2D eigenvalue weighted by Crippen LogP contribution is -2.24. The van der Waals surface area contributed by atoms with Crippen molar-refractivity contribution < 1.29 is 17.9 Å². The minimum absolute atomic E-state index is 0.157. The van der Waals surface area contributed by atoms with Crippen molar-refractivity contribution in [3.63, 3.8) is 0 Å². The third-order valence-electron chi connectivity index (χ3n) is 2.10. The molecule has 108 valence electrons. The Hall–Kier alpha value is -1.19. The van der Waals surface area contributed by atoms with Crippen LogP contribution in [0.3, 0.4) is 0 Å². The number of methoxy groups -OCH3 is 1. The normalized spacial score (nSPS) is 11.3. The molecule has 0 aliphatic rings. The minimum Gasteiger partial charge on any atom is -0.469 e. The van der Waals surface area contributed by atoms with E-state index in [0.717, 1.165) is 6.26 Å². The van der Waals surface area contributed by atoms with Gasteiger partial charge in [-0.25, -0.2) is 18.1 Å². The van der Waals surface area contributed by atoms with Gasteiger partial charge < -0.3 is 10.1 Å². The largest absolute Gasteiger partial charge is 0.469 e. The number of carbonyl (C=O) groups excluding carboxylic acids is 1. The summed E-state index contributed by atoms with van der Waals surface area (Å²) in [5.41, 5.74) is 0.661. The van der Waals surface area contributed by atoms with E-state index in [1.54, 1.807) is 5.38 Å². The third kappa shape index (κ3) is 7.09. The van der Waals surface area contributed by atoms with E-state index in [9.17, 15) is 13.2 Å². The molecule has 0 fully saturated rings. The summed E-state index contributed by atoms with van der Waals surface area (Å²) in [5.74, 6) is -0.325. The monoisotopic (exact) mass is 307 g/mol. The molecule has 1 aromatic rings. The number of carbonyl (C=O) groups is 1. The van der Waals surface area contributed by atoms with Crippen LogP contribution in [0, 0.1) is 0 Å². The Balaban J connectivity index is 2.25. The van der Waals surface area contributed by atoms with E-state index in [-0.39, 0.29) is 12.4 Å². The van der Waals surface area contributed by atoms with Crippen molar-refractivity contribution in [2.45, 2.75) is 12.8 Å². The summed E-state index contributed by atoms with van der Waals surface area (Å²) in [6.45, 7) is 0.986. The maximum Gasteiger partial charge on any atom is 0.311 e.